The molecule has 0 bridgehead atoms. The molecule has 4 rings (SSSR count). The van der Waals surface area contributed by atoms with Crippen molar-refractivity contribution in [2.24, 2.45) is 5.92 Å². The normalized spacial score (nSPS) is 25.9. The van der Waals surface area contributed by atoms with Gasteiger partial charge in [0.25, 0.3) is 11.7 Å². The van der Waals surface area contributed by atoms with E-state index in [1.807, 2.05) is 4.90 Å². The highest BCUT2D eigenvalue weighted by molar-refractivity contribution is 5.90. The summed E-state index contributed by atoms with van der Waals surface area (Å²) >= 11 is 0. The van der Waals surface area contributed by atoms with E-state index in [0.717, 1.165) is 38.8 Å². The number of aromatic nitrogens is 2. The predicted octanol–water partition coefficient (Wildman–Crippen LogP) is 1.51. The van der Waals surface area contributed by atoms with E-state index in [0.29, 0.717) is 17.9 Å². The van der Waals surface area contributed by atoms with Gasteiger partial charge in [-0.1, -0.05) is 5.16 Å². The van der Waals surface area contributed by atoms with Crippen LogP contribution in [0.1, 0.15) is 61.1 Å². The highest BCUT2D eigenvalue weighted by Gasteiger charge is 2.38. The van der Waals surface area contributed by atoms with Crippen molar-refractivity contribution in [2.45, 2.75) is 50.6 Å². The first kappa shape index (κ1) is 12.3. The number of hydrogen-bond acceptors (Lipinski definition) is 5. The first-order chi connectivity index (χ1) is 9.81. The molecule has 3 aliphatic rings. The van der Waals surface area contributed by atoms with Gasteiger partial charge in [0.05, 0.1) is 6.04 Å². The van der Waals surface area contributed by atoms with E-state index in [-0.39, 0.29) is 17.8 Å². The van der Waals surface area contributed by atoms with Gasteiger partial charge in [-0.05, 0) is 51.0 Å². The van der Waals surface area contributed by atoms with Gasteiger partial charge in [0, 0.05) is 12.6 Å². The van der Waals surface area contributed by atoms with Crippen molar-refractivity contribution in [1.29, 1.82) is 0 Å². The lowest BCUT2D eigenvalue weighted by Crippen LogP contribution is -2.35. The van der Waals surface area contributed by atoms with Gasteiger partial charge in [0.1, 0.15) is 0 Å². The number of rotatable bonds is 5. The second-order valence-corrected chi connectivity index (χ2v) is 6.24. The Morgan fingerprint density at radius 1 is 1.30 bits per heavy atom. The maximum Gasteiger partial charge on any atom is 0.295 e. The number of hydrogen-bond donors (Lipinski definition) is 1. The van der Waals surface area contributed by atoms with E-state index in [1.165, 1.54) is 12.8 Å². The molecule has 3 fully saturated rings. The average Bonchev–Trinajstić information content (AvgIpc) is 3.34. The molecule has 2 aliphatic carbocycles. The monoisotopic (exact) mass is 276 g/mol. The van der Waals surface area contributed by atoms with Gasteiger partial charge < -0.3 is 14.7 Å². The summed E-state index contributed by atoms with van der Waals surface area (Å²) in [5.74, 6) is 1.45. The number of nitrogens with one attached hydrogen (secondary N) is 1. The van der Waals surface area contributed by atoms with Crippen molar-refractivity contribution in [3.05, 3.63) is 11.7 Å². The fourth-order valence-electron chi connectivity index (χ4n) is 2.85. The summed E-state index contributed by atoms with van der Waals surface area (Å²) in [6.07, 6.45) is 6.86. The summed E-state index contributed by atoms with van der Waals surface area (Å²) < 4.78 is 5.27. The summed E-state index contributed by atoms with van der Waals surface area (Å²) in [4.78, 5) is 18.8. The van der Waals surface area contributed by atoms with Crippen LogP contribution in [0, 0.1) is 5.92 Å². The van der Waals surface area contributed by atoms with Crippen LogP contribution in [0.25, 0.3) is 0 Å². The summed E-state index contributed by atoms with van der Waals surface area (Å²) in [5, 5.41) is 7.21. The zero-order chi connectivity index (χ0) is 13.5. The lowest BCUT2D eigenvalue weighted by atomic mass is 10.2. The maximum atomic E-state index is 12.5. The maximum absolute atomic E-state index is 12.5. The Bertz CT molecular complexity index is 501. The minimum absolute atomic E-state index is 0.0487. The standard InChI is InChI=1S/C14H20N4O2/c19-14(18(10-5-6-10)8-9-3-4-9)12-16-13(20-17-12)11-2-1-7-15-11/h9-11,15H,1-8H2. The van der Waals surface area contributed by atoms with Gasteiger partial charge in [0.2, 0.25) is 5.89 Å². The molecule has 1 N–H and O–H groups in total. The van der Waals surface area contributed by atoms with Crippen LogP contribution in [0.2, 0.25) is 0 Å². The van der Waals surface area contributed by atoms with E-state index >= 15 is 0 Å². The van der Waals surface area contributed by atoms with Crippen LogP contribution in [0.15, 0.2) is 4.52 Å². The predicted molar refractivity (Wildman–Crippen MR) is 71.1 cm³/mol. The molecule has 1 unspecified atom stereocenters. The fraction of sp³-hybridized carbons (Fsp3) is 0.786. The molecule has 1 aromatic heterocycles. The quantitative estimate of drug-likeness (QED) is 0.882. The topological polar surface area (TPSA) is 71.3 Å². The van der Waals surface area contributed by atoms with E-state index in [4.69, 9.17) is 4.52 Å². The zero-order valence-corrected chi connectivity index (χ0v) is 11.5. The molecule has 1 aromatic rings. The second kappa shape index (κ2) is 4.84. The highest BCUT2D eigenvalue weighted by Crippen LogP contribution is 2.35. The largest absolute Gasteiger partial charge is 0.337 e. The van der Waals surface area contributed by atoms with E-state index in [9.17, 15) is 4.79 Å². The lowest BCUT2D eigenvalue weighted by Gasteiger charge is -2.20. The molecule has 1 atom stereocenters. The van der Waals surface area contributed by atoms with Crippen molar-refractivity contribution < 1.29 is 9.32 Å². The Morgan fingerprint density at radius 2 is 2.15 bits per heavy atom. The molecule has 0 radical (unpaired) electrons. The van der Waals surface area contributed by atoms with Gasteiger partial charge in [-0.15, -0.1) is 0 Å². The number of nitrogens with zero attached hydrogens (tertiary/aromatic N) is 3. The van der Waals surface area contributed by atoms with Crippen LogP contribution in [0.4, 0.5) is 0 Å². The Kier molecular flexibility index (Phi) is 2.98. The van der Waals surface area contributed by atoms with Gasteiger partial charge in [-0.25, -0.2) is 0 Å². The van der Waals surface area contributed by atoms with Crippen LogP contribution in [-0.2, 0) is 0 Å². The number of carbonyl (C=O) groups excluding carboxylic acids is 1. The summed E-state index contributed by atoms with van der Waals surface area (Å²) in [5.41, 5.74) is 0. The van der Waals surface area contributed by atoms with Crippen molar-refractivity contribution >= 4 is 5.91 Å². The Balaban J connectivity index is 1.48. The fourth-order valence-corrected chi connectivity index (χ4v) is 2.85. The molecule has 0 aromatic carbocycles. The van der Waals surface area contributed by atoms with Gasteiger partial charge in [-0.2, -0.15) is 4.98 Å². The summed E-state index contributed by atoms with van der Waals surface area (Å²) in [6.45, 7) is 1.85. The lowest BCUT2D eigenvalue weighted by molar-refractivity contribution is 0.0719. The molecule has 2 heterocycles. The van der Waals surface area contributed by atoms with Gasteiger partial charge >= 0.3 is 0 Å². The summed E-state index contributed by atoms with van der Waals surface area (Å²) in [6, 6.07) is 0.538. The number of carbonyl (C=O) groups is 1. The Hall–Kier alpha value is -1.43. The van der Waals surface area contributed by atoms with Crippen molar-refractivity contribution in [1.82, 2.24) is 20.4 Å². The van der Waals surface area contributed by atoms with Crippen LogP contribution < -0.4 is 5.32 Å². The molecule has 108 valence electrons. The third kappa shape index (κ3) is 2.44. The molecular formula is C14H20N4O2. The first-order valence-electron chi connectivity index (χ1n) is 7.69. The average molecular weight is 276 g/mol. The highest BCUT2D eigenvalue weighted by atomic mass is 16.5. The molecule has 20 heavy (non-hydrogen) atoms. The smallest absolute Gasteiger partial charge is 0.295 e. The first-order valence-corrected chi connectivity index (χ1v) is 7.69. The van der Waals surface area contributed by atoms with Crippen LogP contribution >= 0.6 is 0 Å². The third-order valence-corrected chi connectivity index (χ3v) is 4.39. The van der Waals surface area contributed by atoms with Crippen LogP contribution in [0.5, 0.6) is 0 Å². The SMILES string of the molecule is O=C(c1noc(C2CCCN2)n1)N(CC1CC1)C1CC1. The zero-order valence-electron chi connectivity index (χ0n) is 11.5. The Labute approximate surface area is 117 Å². The van der Waals surface area contributed by atoms with Crippen molar-refractivity contribution in [3.63, 3.8) is 0 Å². The molecular weight excluding hydrogens is 256 g/mol. The van der Waals surface area contributed by atoms with Crippen LogP contribution in [0.3, 0.4) is 0 Å². The number of amides is 1. The minimum atomic E-state index is -0.0487. The molecule has 2 saturated carbocycles. The van der Waals surface area contributed by atoms with E-state index < -0.39 is 0 Å². The van der Waals surface area contributed by atoms with Gasteiger partial charge in [0.15, 0.2) is 0 Å². The summed E-state index contributed by atoms with van der Waals surface area (Å²) in [7, 11) is 0. The van der Waals surface area contributed by atoms with Crippen molar-refractivity contribution in [3.8, 4) is 0 Å². The molecule has 1 aliphatic heterocycles. The van der Waals surface area contributed by atoms with E-state index in [1.54, 1.807) is 0 Å². The minimum Gasteiger partial charge on any atom is -0.337 e. The van der Waals surface area contributed by atoms with Crippen molar-refractivity contribution in [2.75, 3.05) is 13.1 Å². The third-order valence-electron chi connectivity index (χ3n) is 4.39. The Morgan fingerprint density at radius 3 is 2.80 bits per heavy atom. The molecule has 1 amide bonds. The van der Waals surface area contributed by atoms with Crippen LogP contribution in [-0.4, -0.2) is 40.1 Å². The van der Waals surface area contributed by atoms with E-state index in [2.05, 4.69) is 15.5 Å². The van der Waals surface area contributed by atoms with Gasteiger partial charge in [-0.3, -0.25) is 4.79 Å². The molecule has 6 nitrogen and oxygen atoms in total. The molecule has 1 saturated heterocycles. The second-order valence-electron chi connectivity index (χ2n) is 6.24. The molecule has 6 heteroatoms. The molecule has 0 spiro atoms.